The van der Waals surface area contributed by atoms with Crippen molar-refractivity contribution in [2.45, 2.75) is 26.0 Å². The van der Waals surface area contributed by atoms with Crippen LogP contribution in [0.1, 0.15) is 18.1 Å². The molecule has 1 amide bonds. The number of ether oxygens (including phenoxy) is 1. The number of nitrogens with zero attached hydrogens (tertiary/aromatic N) is 2. The molecule has 0 radical (unpaired) electrons. The van der Waals surface area contributed by atoms with Gasteiger partial charge in [0.2, 0.25) is 5.82 Å². The maximum atomic E-state index is 12.0. The van der Waals surface area contributed by atoms with Gasteiger partial charge in [0.15, 0.2) is 0 Å². The van der Waals surface area contributed by atoms with Gasteiger partial charge in [-0.2, -0.15) is 0 Å². The SMILES string of the molecule is C[C@H](Cc1ccc(Nc2ncccc2[N+](=O)[O-])cc1)NC(=O)OCc1ccccc1. The summed E-state index contributed by atoms with van der Waals surface area (Å²) in [6.45, 7) is 2.12. The van der Waals surface area contributed by atoms with Crippen LogP contribution in [0.5, 0.6) is 0 Å². The Balaban J connectivity index is 1.50. The van der Waals surface area contributed by atoms with Crippen molar-refractivity contribution in [3.05, 3.63) is 94.2 Å². The second kappa shape index (κ2) is 10.0. The normalized spacial score (nSPS) is 11.4. The highest BCUT2D eigenvalue weighted by atomic mass is 16.6. The molecule has 0 aliphatic heterocycles. The van der Waals surface area contributed by atoms with Crippen LogP contribution in [0.2, 0.25) is 0 Å². The van der Waals surface area contributed by atoms with Crippen molar-refractivity contribution < 1.29 is 14.5 Å². The van der Waals surface area contributed by atoms with E-state index in [1.807, 2.05) is 61.5 Å². The number of hydrogen-bond acceptors (Lipinski definition) is 6. The molecule has 2 N–H and O–H groups in total. The second-order valence-electron chi connectivity index (χ2n) is 6.76. The zero-order chi connectivity index (χ0) is 21.3. The summed E-state index contributed by atoms with van der Waals surface area (Å²) >= 11 is 0. The number of benzene rings is 2. The van der Waals surface area contributed by atoms with Crippen LogP contribution in [0.15, 0.2) is 72.9 Å². The van der Waals surface area contributed by atoms with E-state index >= 15 is 0 Å². The van der Waals surface area contributed by atoms with E-state index in [-0.39, 0.29) is 24.2 Å². The van der Waals surface area contributed by atoms with E-state index in [2.05, 4.69) is 15.6 Å². The summed E-state index contributed by atoms with van der Waals surface area (Å²) in [6.07, 6.45) is 1.64. The van der Waals surface area contributed by atoms with Crippen molar-refractivity contribution in [2.24, 2.45) is 0 Å². The minimum atomic E-state index is -0.478. The van der Waals surface area contributed by atoms with Crippen LogP contribution in [-0.4, -0.2) is 22.0 Å². The van der Waals surface area contributed by atoms with Gasteiger partial charge in [-0.15, -0.1) is 0 Å². The molecule has 0 saturated carbocycles. The molecule has 0 saturated heterocycles. The summed E-state index contributed by atoms with van der Waals surface area (Å²) in [4.78, 5) is 26.6. The second-order valence-corrected chi connectivity index (χ2v) is 6.76. The number of hydrogen-bond donors (Lipinski definition) is 2. The quantitative estimate of drug-likeness (QED) is 0.419. The lowest BCUT2D eigenvalue weighted by Gasteiger charge is -2.14. The maximum absolute atomic E-state index is 12.0. The number of anilines is 2. The Hall–Kier alpha value is -3.94. The van der Waals surface area contributed by atoms with E-state index in [1.165, 1.54) is 18.3 Å². The van der Waals surface area contributed by atoms with Gasteiger partial charge in [0, 0.05) is 24.0 Å². The van der Waals surface area contributed by atoms with E-state index in [0.29, 0.717) is 12.1 Å². The van der Waals surface area contributed by atoms with Crippen LogP contribution in [0, 0.1) is 10.1 Å². The van der Waals surface area contributed by atoms with Crippen LogP contribution >= 0.6 is 0 Å². The Morgan fingerprint density at radius 1 is 1.07 bits per heavy atom. The molecular weight excluding hydrogens is 384 g/mol. The van der Waals surface area contributed by atoms with Crippen LogP contribution in [-0.2, 0) is 17.8 Å². The fraction of sp³-hybridized carbons (Fsp3) is 0.182. The molecule has 154 valence electrons. The van der Waals surface area contributed by atoms with Gasteiger partial charge in [0.05, 0.1) is 4.92 Å². The van der Waals surface area contributed by atoms with E-state index in [0.717, 1.165) is 11.1 Å². The van der Waals surface area contributed by atoms with E-state index in [4.69, 9.17) is 4.74 Å². The van der Waals surface area contributed by atoms with Crippen molar-refractivity contribution in [3.8, 4) is 0 Å². The van der Waals surface area contributed by atoms with Crippen molar-refractivity contribution in [3.63, 3.8) is 0 Å². The monoisotopic (exact) mass is 406 g/mol. The molecule has 3 aromatic rings. The van der Waals surface area contributed by atoms with Crippen LogP contribution in [0.4, 0.5) is 22.0 Å². The molecule has 1 atom stereocenters. The lowest BCUT2D eigenvalue weighted by Crippen LogP contribution is -2.34. The molecule has 0 aliphatic carbocycles. The highest BCUT2D eigenvalue weighted by Gasteiger charge is 2.14. The number of nitro groups is 1. The molecule has 1 heterocycles. The highest BCUT2D eigenvalue weighted by molar-refractivity contribution is 5.67. The predicted molar refractivity (Wildman–Crippen MR) is 114 cm³/mol. The largest absolute Gasteiger partial charge is 0.445 e. The fourth-order valence-corrected chi connectivity index (χ4v) is 2.87. The summed E-state index contributed by atoms with van der Waals surface area (Å²) in [5.74, 6) is 0.187. The third-order valence-corrected chi connectivity index (χ3v) is 4.32. The summed E-state index contributed by atoms with van der Waals surface area (Å²) in [5, 5.41) is 16.9. The molecule has 30 heavy (non-hydrogen) atoms. The summed E-state index contributed by atoms with van der Waals surface area (Å²) < 4.78 is 5.23. The number of aromatic nitrogens is 1. The Morgan fingerprint density at radius 3 is 2.50 bits per heavy atom. The van der Waals surface area contributed by atoms with Gasteiger partial charge < -0.3 is 15.4 Å². The van der Waals surface area contributed by atoms with Crippen molar-refractivity contribution in [2.75, 3.05) is 5.32 Å². The van der Waals surface area contributed by atoms with Crippen molar-refractivity contribution >= 4 is 23.3 Å². The van der Waals surface area contributed by atoms with E-state index < -0.39 is 11.0 Å². The molecular formula is C22H22N4O4. The number of carbonyl (C=O) groups is 1. The number of carbonyl (C=O) groups excluding carboxylic acids is 1. The molecule has 0 unspecified atom stereocenters. The van der Waals surface area contributed by atoms with E-state index in [9.17, 15) is 14.9 Å². The summed E-state index contributed by atoms with van der Waals surface area (Å²) in [6, 6.07) is 19.7. The first-order valence-corrected chi connectivity index (χ1v) is 9.44. The fourth-order valence-electron chi connectivity index (χ4n) is 2.87. The third kappa shape index (κ3) is 6.03. The Labute approximate surface area is 174 Å². The molecule has 3 rings (SSSR count). The van der Waals surface area contributed by atoms with Crippen LogP contribution in [0.25, 0.3) is 0 Å². The van der Waals surface area contributed by atoms with Crippen molar-refractivity contribution in [1.82, 2.24) is 10.3 Å². The maximum Gasteiger partial charge on any atom is 0.407 e. The predicted octanol–water partition coefficient (Wildman–Crippen LogP) is 4.59. The third-order valence-electron chi connectivity index (χ3n) is 4.32. The molecule has 1 aromatic heterocycles. The van der Waals surface area contributed by atoms with Gasteiger partial charge in [0.25, 0.3) is 0 Å². The number of nitrogens with one attached hydrogen (secondary N) is 2. The Bertz CT molecular complexity index is 994. The summed E-state index contributed by atoms with van der Waals surface area (Å²) in [5.41, 5.74) is 2.53. The zero-order valence-corrected chi connectivity index (χ0v) is 16.4. The lowest BCUT2D eigenvalue weighted by atomic mass is 10.1. The minimum Gasteiger partial charge on any atom is -0.445 e. The first-order valence-electron chi connectivity index (χ1n) is 9.44. The Morgan fingerprint density at radius 2 is 1.80 bits per heavy atom. The number of rotatable bonds is 8. The van der Waals surface area contributed by atoms with Crippen LogP contribution < -0.4 is 10.6 Å². The van der Waals surface area contributed by atoms with Gasteiger partial charge in [0.1, 0.15) is 6.61 Å². The lowest BCUT2D eigenvalue weighted by molar-refractivity contribution is -0.384. The van der Waals surface area contributed by atoms with Crippen LogP contribution in [0.3, 0.4) is 0 Å². The van der Waals surface area contributed by atoms with Gasteiger partial charge in [-0.3, -0.25) is 10.1 Å². The average Bonchev–Trinajstić information content (AvgIpc) is 2.74. The topological polar surface area (TPSA) is 106 Å². The summed E-state index contributed by atoms with van der Waals surface area (Å²) in [7, 11) is 0. The zero-order valence-electron chi connectivity index (χ0n) is 16.4. The first-order chi connectivity index (χ1) is 14.5. The molecule has 8 heteroatoms. The van der Waals surface area contributed by atoms with Crippen molar-refractivity contribution in [1.29, 1.82) is 0 Å². The number of pyridine rings is 1. The van der Waals surface area contributed by atoms with Gasteiger partial charge in [-0.1, -0.05) is 42.5 Å². The Kier molecular flexibility index (Phi) is 6.94. The molecule has 2 aromatic carbocycles. The molecule has 0 fully saturated rings. The number of alkyl carbamates (subject to hydrolysis) is 1. The highest BCUT2D eigenvalue weighted by Crippen LogP contribution is 2.24. The van der Waals surface area contributed by atoms with Gasteiger partial charge >= 0.3 is 11.8 Å². The van der Waals surface area contributed by atoms with Gasteiger partial charge in [-0.05, 0) is 42.7 Å². The number of amides is 1. The minimum absolute atomic E-state index is 0.0894. The molecule has 0 aliphatic rings. The van der Waals surface area contributed by atoms with Gasteiger partial charge in [-0.25, -0.2) is 9.78 Å². The molecule has 0 spiro atoms. The average molecular weight is 406 g/mol. The molecule has 8 nitrogen and oxygen atoms in total. The molecule has 0 bridgehead atoms. The smallest absolute Gasteiger partial charge is 0.407 e. The van der Waals surface area contributed by atoms with E-state index in [1.54, 1.807) is 0 Å². The standard InChI is InChI=1S/C22H22N4O4/c1-16(24-22(27)30-15-18-6-3-2-4-7-18)14-17-9-11-19(12-10-17)25-21-20(26(28)29)8-5-13-23-21/h2-13,16H,14-15H2,1H3,(H,23,25)(H,24,27)/t16-/m1/s1. The first kappa shape index (κ1) is 20.8.